The van der Waals surface area contributed by atoms with Crippen LogP contribution in [0.4, 0.5) is 0 Å². The molecular formula is C22H24ClNO2. The number of fused-ring (bicyclic) bond motifs is 2. The first-order valence-electron chi connectivity index (χ1n) is 9.05. The number of piperidine rings is 1. The molecule has 2 aromatic rings. The predicted molar refractivity (Wildman–Crippen MR) is 107 cm³/mol. The van der Waals surface area contributed by atoms with Crippen LogP contribution in [-0.2, 0) is 17.6 Å². The number of hydrogen-bond acceptors (Lipinski definition) is 2. The van der Waals surface area contributed by atoms with E-state index in [2.05, 4.69) is 48.5 Å². The Balaban J connectivity index is 0.00000196. The number of benzene rings is 2. The summed E-state index contributed by atoms with van der Waals surface area (Å²) in [5.41, 5.74) is 8.47. The number of carbonyl (C=O) groups is 1. The average molecular weight is 370 g/mol. The van der Waals surface area contributed by atoms with Crippen molar-refractivity contribution in [2.75, 3.05) is 19.6 Å². The number of halogens is 1. The molecule has 0 bridgehead atoms. The number of nitrogens with zero attached hydrogens (tertiary/aromatic N) is 1. The summed E-state index contributed by atoms with van der Waals surface area (Å²) in [5, 5.41) is 9.02. The van der Waals surface area contributed by atoms with Crippen molar-refractivity contribution in [3.05, 3.63) is 76.4 Å². The Morgan fingerprint density at radius 3 is 1.85 bits per heavy atom. The van der Waals surface area contributed by atoms with E-state index in [0.29, 0.717) is 0 Å². The van der Waals surface area contributed by atoms with Gasteiger partial charge in [-0.3, -0.25) is 9.69 Å². The third-order valence-electron chi connectivity index (χ3n) is 5.41. The van der Waals surface area contributed by atoms with E-state index in [1.54, 1.807) is 0 Å². The number of hydrogen-bond donors (Lipinski definition) is 1. The minimum Gasteiger partial charge on any atom is -0.480 e. The minimum absolute atomic E-state index is 0. The van der Waals surface area contributed by atoms with E-state index in [9.17, 15) is 4.79 Å². The molecule has 2 aliphatic rings. The van der Waals surface area contributed by atoms with Crippen molar-refractivity contribution in [2.45, 2.75) is 25.7 Å². The van der Waals surface area contributed by atoms with E-state index in [4.69, 9.17) is 5.11 Å². The third kappa shape index (κ3) is 3.69. The normalized spacial score (nSPS) is 16.9. The molecule has 1 aliphatic heterocycles. The van der Waals surface area contributed by atoms with Crippen LogP contribution in [0.1, 0.15) is 35.1 Å². The van der Waals surface area contributed by atoms with Crippen molar-refractivity contribution in [3.8, 4) is 0 Å². The van der Waals surface area contributed by atoms with Gasteiger partial charge in [0, 0.05) is 13.1 Å². The minimum atomic E-state index is -0.735. The highest BCUT2D eigenvalue weighted by atomic mass is 35.5. The van der Waals surface area contributed by atoms with Crippen molar-refractivity contribution < 1.29 is 9.90 Å². The Morgan fingerprint density at radius 1 is 0.846 bits per heavy atom. The molecule has 3 nitrogen and oxygen atoms in total. The Labute approximate surface area is 160 Å². The van der Waals surface area contributed by atoms with Crippen molar-refractivity contribution >= 4 is 23.9 Å². The molecule has 4 heteroatoms. The van der Waals surface area contributed by atoms with Crippen LogP contribution in [-0.4, -0.2) is 35.6 Å². The fourth-order valence-electron chi connectivity index (χ4n) is 4.18. The van der Waals surface area contributed by atoms with Gasteiger partial charge in [0.15, 0.2) is 0 Å². The fourth-order valence-corrected chi connectivity index (χ4v) is 4.18. The van der Waals surface area contributed by atoms with E-state index >= 15 is 0 Å². The van der Waals surface area contributed by atoms with E-state index in [-0.39, 0.29) is 19.0 Å². The number of likely N-dealkylation sites (tertiary alicyclic amines) is 1. The van der Waals surface area contributed by atoms with Gasteiger partial charge in [-0.15, -0.1) is 12.4 Å². The molecule has 136 valence electrons. The van der Waals surface area contributed by atoms with Gasteiger partial charge in [-0.25, -0.2) is 0 Å². The van der Waals surface area contributed by atoms with E-state index < -0.39 is 5.97 Å². The van der Waals surface area contributed by atoms with Gasteiger partial charge in [-0.1, -0.05) is 54.1 Å². The average Bonchev–Trinajstić information content (AvgIpc) is 2.79. The maximum atomic E-state index is 11.0. The molecule has 1 fully saturated rings. The highest BCUT2D eigenvalue weighted by Gasteiger charge is 2.24. The number of aliphatic carboxylic acids is 1. The molecular weight excluding hydrogens is 346 g/mol. The Morgan fingerprint density at radius 2 is 1.35 bits per heavy atom. The largest absolute Gasteiger partial charge is 0.480 e. The second-order valence-electron chi connectivity index (χ2n) is 6.96. The van der Waals surface area contributed by atoms with Gasteiger partial charge in [0.05, 0.1) is 6.54 Å². The molecule has 0 radical (unpaired) electrons. The number of aryl methyl sites for hydroxylation is 2. The van der Waals surface area contributed by atoms with Gasteiger partial charge < -0.3 is 5.11 Å². The summed E-state index contributed by atoms with van der Waals surface area (Å²) in [6.45, 7) is 1.81. The number of carboxylic acids is 1. The molecule has 1 heterocycles. The summed E-state index contributed by atoms with van der Waals surface area (Å²) in [6, 6.07) is 17.5. The quantitative estimate of drug-likeness (QED) is 0.862. The van der Waals surface area contributed by atoms with Crippen molar-refractivity contribution in [1.29, 1.82) is 0 Å². The lowest BCUT2D eigenvalue weighted by Crippen LogP contribution is -2.35. The lowest BCUT2D eigenvalue weighted by Gasteiger charge is -2.29. The van der Waals surface area contributed by atoms with Crippen LogP contribution in [0.25, 0.3) is 5.57 Å². The lowest BCUT2D eigenvalue weighted by molar-refractivity contribution is -0.138. The van der Waals surface area contributed by atoms with Gasteiger partial charge in [0.1, 0.15) is 0 Å². The summed E-state index contributed by atoms with van der Waals surface area (Å²) in [6.07, 6.45) is 4.06. The summed E-state index contributed by atoms with van der Waals surface area (Å²) in [4.78, 5) is 13.0. The van der Waals surface area contributed by atoms with Crippen molar-refractivity contribution in [1.82, 2.24) is 4.90 Å². The van der Waals surface area contributed by atoms with Crippen LogP contribution in [0.3, 0.4) is 0 Å². The molecule has 1 saturated heterocycles. The molecule has 0 unspecified atom stereocenters. The van der Waals surface area contributed by atoms with Crippen LogP contribution in [0.2, 0.25) is 0 Å². The highest BCUT2D eigenvalue weighted by Crippen LogP contribution is 2.38. The van der Waals surface area contributed by atoms with Crippen LogP contribution in [0.5, 0.6) is 0 Å². The molecule has 26 heavy (non-hydrogen) atoms. The zero-order chi connectivity index (χ0) is 17.2. The van der Waals surface area contributed by atoms with Crippen molar-refractivity contribution in [2.24, 2.45) is 0 Å². The fraction of sp³-hybridized carbons (Fsp3) is 0.318. The number of carboxylic acid groups (broad SMARTS) is 1. The van der Waals surface area contributed by atoms with E-state index in [1.807, 2.05) is 4.90 Å². The van der Waals surface area contributed by atoms with Gasteiger partial charge in [-0.2, -0.15) is 0 Å². The van der Waals surface area contributed by atoms with Gasteiger partial charge in [0.25, 0.3) is 0 Å². The molecule has 0 aromatic heterocycles. The summed E-state index contributed by atoms with van der Waals surface area (Å²) in [7, 11) is 0. The monoisotopic (exact) mass is 369 g/mol. The molecule has 0 saturated carbocycles. The first kappa shape index (κ1) is 18.7. The zero-order valence-corrected chi connectivity index (χ0v) is 15.6. The summed E-state index contributed by atoms with van der Waals surface area (Å²) < 4.78 is 0. The number of rotatable bonds is 2. The van der Waals surface area contributed by atoms with Gasteiger partial charge in [-0.05, 0) is 53.5 Å². The molecule has 1 N–H and O–H groups in total. The van der Waals surface area contributed by atoms with Crippen LogP contribution in [0, 0.1) is 0 Å². The molecule has 4 rings (SSSR count). The summed E-state index contributed by atoms with van der Waals surface area (Å²) in [5.74, 6) is -0.735. The molecule has 0 spiro atoms. The Hall–Kier alpha value is -2.10. The lowest BCUT2D eigenvalue weighted by atomic mass is 9.86. The SMILES string of the molecule is Cl.O=C(O)CN1CCC(=C2c3ccccc3CCc3ccccc32)CC1. The van der Waals surface area contributed by atoms with E-state index in [1.165, 1.54) is 33.4 Å². The second kappa shape index (κ2) is 8.07. The predicted octanol–water partition coefficient (Wildman–Crippen LogP) is 4.19. The molecule has 1 aliphatic carbocycles. The van der Waals surface area contributed by atoms with Gasteiger partial charge in [0.2, 0.25) is 0 Å². The molecule has 2 aromatic carbocycles. The Bertz CT molecular complexity index is 784. The highest BCUT2D eigenvalue weighted by molar-refractivity contribution is 5.86. The van der Waals surface area contributed by atoms with Crippen LogP contribution >= 0.6 is 12.4 Å². The first-order chi connectivity index (χ1) is 12.2. The molecule has 0 amide bonds. The third-order valence-corrected chi connectivity index (χ3v) is 5.41. The van der Waals surface area contributed by atoms with Crippen LogP contribution < -0.4 is 0 Å². The standard InChI is InChI=1S/C22H23NO2.ClH/c24-21(25)15-23-13-11-18(12-14-23)22-19-7-3-1-5-16(19)9-10-17-6-2-4-8-20(17)22;/h1-8H,9-15H2,(H,24,25);1H. The first-order valence-corrected chi connectivity index (χ1v) is 9.05. The molecule has 0 atom stereocenters. The van der Waals surface area contributed by atoms with Gasteiger partial charge >= 0.3 is 5.97 Å². The van der Waals surface area contributed by atoms with E-state index in [0.717, 1.165) is 38.8 Å². The van der Waals surface area contributed by atoms with Crippen molar-refractivity contribution in [3.63, 3.8) is 0 Å². The Kier molecular flexibility index (Phi) is 5.80. The second-order valence-corrected chi connectivity index (χ2v) is 6.96. The topological polar surface area (TPSA) is 40.5 Å². The summed E-state index contributed by atoms with van der Waals surface area (Å²) >= 11 is 0. The maximum absolute atomic E-state index is 11.0. The zero-order valence-electron chi connectivity index (χ0n) is 14.8. The maximum Gasteiger partial charge on any atom is 0.317 e. The van der Waals surface area contributed by atoms with Crippen LogP contribution in [0.15, 0.2) is 54.1 Å². The smallest absolute Gasteiger partial charge is 0.317 e.